The fraction of sp³-hybridized carbons (Fsp3) is 0.364. The predicted molar refractivity (Wildman–Crippen MR) is 120 cm³/mol. The molecule has 2 aromatic carbocycles. The molecule has 1 amide bonds. The fourth-order valence-corrected chi connectivity index (χ4v) is 5.58. The highest BCUT2D eigenvalue weighted by Crippen LogP contribution is 2.47. The first-order valence-corrected chi connectivity index (χ1v) is 12.6. The van der Waals surface area contributed by atoms with Gasteiger partial charge in [0.15, 0.2) is 5.78 Å². The molecule has 1 aliphatic heterocycles. The van der Waals surface area contributed by atoms with Crippen molar-refractivity contribution in [3.63, 3.8) is 0 Å². The van der Waals surface area contributed by atoms with Gasteiger partial charge < -0.3 is 15.1 Å². The molecule has 0 bridgehead atoms. The Morgan fingerprint density at radius 3 is 2.47 bits per heavy atom. The lowest BCUT2D eigenvalue weighted by Gasteiger charge is -2.36. The Balaban J connectivity index is 1.91. The van der Waals surface area contributed by atoms with Gasteiger partial charge in [-0.15, -0.1) is 11.8 Å². The molecule has 1 atom stereocenters. The zero-order valence-electron chi connectivity index (χ0n) is 16.8. The summed E-state index contributed by atoms with van der Waals surface area (Å²) < 4.78 is 10.5. The molecular formula is C22H26NO5PS. The monoisotopic (exact) mass is 447 g/mol. The van der Waals surface area contributed by atoms with Crippen LogP contribution in [0.1, 0.15) is 54.9 Å². The van der Waals surface area contributed by atoms with Gasteiger partial charge >= 0.3 is 7.60 Å². The van der Waals surface area contributed by atoms with Gasteiger partial charge in [-0.1, -0.05) is 56.9 Å². The van der Waals surface area contributed by atoms with Crippen LogP contribution in [0.3, 0.4) is 0 Å². The highest BCUT2D eigenvalue weighted by atomic mass is 32.2. The predicted octanol–water partition coefficient (Wildman–Crippen LogP) is 4.22. The van der Waals surface area contributed by atoms with Gasteiger partial charge in [0.1, 0.15) is 4.75 Å². The number of hydrogen-bond donors (Lipinski definition) is 3. The van der Waals surface area contributed by atoms with Gasteiger partial charge in [0.2, 0.25) is 5.91 Å². The molecule has 1 unspecified atom stereocenters. The molecular weight excluding hydrogens is 421 g/mol. The fourth-order valence-electron chi connectivity index (χ4n) is 3.70. The topological polar surface area (TPSA) is 104 Å². The van der Waals surface area contributed by atoms with Crippen LogP contribution in [-0.2, 0) is 14.1 Å². The standard InChI is InChI=1S/C22H26NO5PS/c1-2-3-4-7-14-22(19-9-6-5-8-18(19)20(24)15-30-22)21(25)23-16-10-12-17(13-11-16)29(26,27)28/h5-6,8-13H,2-4,7,14-15H2,1H3,(H,23,25)(H2,26,27,28). The molecule has 160 valence electrons. The lowest BCUT2D eigenvalue weighted by atomic mass is 9.86. The van der Waals surface area contributed by atoms with E-state index in [0.717, 1.165) is 31.2 Å². The minimum Gasteiger partial charge on any atom is -0.325 e. The van der Waals surface area contributed by atoms with Crippen molar-refractivity contribution in [2.24, 2.45) is 0 Å². The quantitative estimate of drug-likeness (QED) is 0.413. The summed E-state index contributed by atoms with van der Waals surface area (Å²) in [5.74, 6) is 0.0569. The van der Waals surface area contributed by atoms with E-state index in [9.17, 15) is 23.9 Å². The number of carbonyl (C=O) groups is 2. The average Bonchev–Trinajstić information content (AvgIpc) is 2.73. The van der Waals surface area contributed by atoms with Crippen LogP contribution in [0.2, 0.25) is 0 Å². The number of ketones is 1. The van der Waals surface area contributed by atoms with E-state index < -0.39 is 12.3 Å². The largest absolute Gasteiger partial charge is 0.356 e. The molecule has 3 N–H and O–H groups in total. The summed E-state index contributed by atoms with van der Waals surface area (Å²) in [5.41, 5.74) is 1.80. The van der Waals surface area contributed by atoms with Crippen LogP contribution in [-0.4, -0.2) is 27.2 Å². The Kier molecular flexibility index (Phi) is 7.19. The van der Waals surface area contributed by atoms with Crippen LogP contribution in [0.4, 0.5) is 5.69 Å². The van der Waals surface area contributed by atoms with Crippen molar-refractivity contribution < 1.29 is 23.9 Å². The molecule has 0 radical (unpaired) electrons. The molecule has 2 aromatic rings. The third-order valence-corrected chi connectivity index (χ3v) is 7.80. The van der Waals surface area contributed by atoms with Crippen molar-refractivity contribution in [2.45, 2.75) is 43.8 Å². The average molecular weight is 447 g/mol. The number of anilines is 1. The lowest BCUT2D eigenvalue weighted by molar-refractivity contribution is -0.118. The summed E-state index contributed by atoms with van der Waals surface area (Å²) in [7, 11) is -4.34. The Hall–Kier alpha value is -1.92. The molecule has 6 nitrogen and oxygen atoms in total. The number of unbranched alkanes of at least 4 members (excludes halogenated alkanes) is 3. The molecule has 1 heterocycles. The van der Waals surface area contributed by atoms with Crippen molar-refractivity contribution in [1.82, 2.24) is 0 Å². The Bertz CT molecular complexity index is 972. The van der Waals surface area contributed by atoms with Crippen molar-refractivity contribution in [3.8, 4) is 0 Å². The van der Waals surface area contributed by atoms with Crippen LogP contribution in [0, 0.1) is 0 Å². The van der Waals surface area contributed by atoms with E-state index in [2.05, 4.69) is 12.2 Å². The Morgan fingerprint density at radius 2 is 1.80 bits per heavy atom. The maximum absolute atomic E-state index is 13.5. The summed E-state index contributed by atoms with van der Waals surface area (Å²) in [6.07, 6.45) is 4.68. The lowest BCUT2D eigenvalue weighted by Crippen LogP contribution is -2.42. The molecule has 3 rings (SSSR count). The van der Waals surface area contributed by atoms with Crippen LogP contribution < -0.4 is 10.6 Å². The summed E-state index contributed by atoms with van der Waals surface area (Å²) in [6.45, 7) is 2.13. The minimum atomic E-state index is -4.34. The van der Waals surface area contributed by atoms with Gasteiger partial charge in [0, 0.05) is 11.3 Å². The Morgan fingerprint density at radius 1 is 1.10 bits per heavy atom. The van der Waals surface area contributed by atoms with Crippen LogP contribution in [0.5, 0.6) is 0 Å². The maximum Gasteiger partial charge on any atom is 0.356 e. The number of benzene rings is 2. The van der Waals surface area contributed by atoms with E-state index in [-0.39, 0.29) is 22.7 Å². The zero-order chi connectivity index (χ0) is 21.8. The number of nitrogens with one attached hydrogen (secondary N) is 1. The molecule has 8 heteroatoms. The second-order valence-electron chi connectivity index (χ2n) is 7.44. The molecule has 0 saturated heterocycles. The molecule has 0 saturated carbocycles. The number of amides is 1. The number of fused-ring (bicyclic) bond motifs is 1. The third kappa shape index (κ3) is 4.86. The number of hydrogen-bond acceptors (Lipinski definition) is 4. The molecule has 0 spiro atoms. The van der Waals surface area contributed by atoms with E-state index in [4.69, 9.17) is 0 Å². The number of Topliss-reactive ketones (excluding diaryl/α,β-unsaturated/α-hetero) is 1. The molecule has 0 aromatic heterocycles. The summed E-state index contributed by atoms with van der Waals surface area (Å²) in [4.78, 5) is 44.5. The highest BCUT2D eigenvalue weighted by molar-refractivity contribution is 8.01. The van der Waals surface area contributed by atoms with Gasteiger partial charge in [-0.25, -0.2) is 0 Å². The maximum atomic E-state index is 13.5. The van der Waals surface area contributed by atoms with Crippen LogP contribution in [0.25, 0.3) is 0 Å². The summed E-state index contributed by atoms with van der Waals surface area (Å²) in [6, 6.07) is 12.9. The first-order valence-electron chi connectivity index (χ1n) is 10.0. The van der Waals surface area contributed by atoms with Gasteiger partial charge in [-0.05, 0) is 36.2 Å². The van der Waals surface area contributed by atoms with Crippen molar-refractivity contribution in [2.75, 3.05) is 11.1 Å². The van der Waals surface area contributed by atoms with E-state index in [1.54, 1.807) is 6.07 Å². The number of thioether (sulfide) groups is 1. The normalized spacial score (nSPS) is 18.7. The molecule has 0 aliphatic carbocycles. The van der Waals surface area contributed by atoms with Crippen molar-refractivity contribution >= 4 is 42.0 Å². The Labute approximate surface area is 180 Å². The number of rotatable bonds is 8. The van der Waals surface area contributed by atoms with Gasteiger partial charge in [0.25, 0.3) is 0 Å². The zero-order valence-corrected chi connectivity index (χ0v) is 18.5. The van der Waals surface area contributed by atoms with E-state index in [1.807, 2.05) is 18.2 Å². The summed E-state index contributed by atoms with van der Waals surface area (Å²) in [5, 5.41) is 2.80. The SMILES string of the molecule is CCCCCCC1(C(=O)Nc2ccc(P(=O)(O)O)cc2)SCC(=O)c2ccccc21. The molecule has 1 aliphatic rings. The number of carbonyl (C=O) groups excluding carboxylic acids is 2. The van der Waals surface area contributed by atoms with Gasteiger partial charge in [0.05, 0.1) is 11.1 Å². The van der Waals surface area contributed by atoms with Crippen LogP contribution in [0.15, 0.2) is 48.5 Å². The smallest absolute Gasteiger partial charge is 0.325 e. The molecule has 30 heavy (non-hydrogen) atoms. The van der Waals surface area contributed by atoms with Crippen LogP contribution >= 0.6 is 19.4 Å². The first kappa shape index (κ1) is 22.8. The minimum absolute atomic E-state index is 0.0265. The second kappa shape index (κ2) is 9.48. The van der Waals surface area contributed by atoms with E-state index in [0.29, 0.717) is 17.7 Å². The van der Waals surface area contributed by atoms with Crippen molar-refractivity contribution in [1.29, 1.82) is 0 Å². The molecule has 0 fully saturated rings. The summed E-state index contributed by atoms with van der Waals surface area (Å²) >= 11 is 1.37. The van der Waals surface area contributed by atoms with E-state index >= 15 is 0 Å². The highest BCUT2D eigenvalue weighted by Gasteiger charge is 2.45. The first-order chi connectivity index (χ1) is 14.3. The second-order valence-corrected chi connectivity index (χ2v) is 10.3. The van der Waals surface area contributed by atoms with Gasteiger partial charge in [-0.2, -0.15) is 0 Å². The van der Waals surface area contributed by atoms with E-state index in [1.165, 1.54) is 36.0 Å². The van der Waals surface area contributed by atoms with Crippen molar-refractivity contribution in [3.05, 3.63) is 59.7 Å². The third-order valence-electron chi connectivity index (χ3n) is 5.32. The van der Waals surface area contributed by atoms with Gasteiger partial charge in [-0.3, -0.25) is 14.2 Å².